The Balaban J connectivity index is 1.19. The Morgan fingerprint density at radius 1 is 1.03 bits per heavy atom. The minimum atomic E-state index is -0.469. The molecule has 2 fully saturated rings. The van der Waals surface area contributed by atoms with Gasteiger partial charge in [-0.25, -0.2) is 4.79 Å². The SMILES string of the molecule is O=C(Cc1c[nH]c2ccccc12)N1CCCC2(CC1)CN(CCc1ccccc1)C(=O)O2. The molecule has 2 saturated heterocycles. The van der Waals surface area contributed by atoms with Crippen LogP contribution in [0.2, 0.25) is 0 Å². The Morgan fingerprint density at radius 3 is 2.72 bits per heavy atom. The molecule has 5 rings (SSSR count). The molecule has 2 aliphatic heterocycles. The van der Waals surface area contributed by atoms with Crippen LogP contribution in [-0.2, 0) is 22.4 Å². The number of benzene rings is 2. The number of nitrogens with zero attached hydrogens (tertiary/aromatic N) is 2. The molecule has 1 unspecified atom stereocenters. The fourth-order valence-corrected chi connectivity index (χ4v) is 5.00. The minimum absolute atomic E-state index is 0.136. The predicted molar refractivity (Wildman–Crippen MR) is 123 cm³/mol. The second kappa shape index (κ2) is 8.69. The highest BCUT2D eigenvalue weighted by atomic mass is 16.6. The van der Waals surface area contributed by atoms with Gasteiger partial charge in [0.25, 0.3) is 0 Å². The maximum absolute atomic E-state index is 13.0. The first kappa shape index (κ1) is 20.6. The van der Waals surface area contributed by atoms with Crippen molar-refractivity contribution in [1.29, 1.82) is 0 Å². The van der Waals surface area contributed by atoms with E-state index < -0.39 is 5.60 Å². The van der Waals surface area contributed by atoms with Gasteiger partial charge < -0.3 is 19.5 Å². The van der Waals surface area contributed by atoms with Crippen molar-refractivity contribution in [3.8, 4) is 0 Å². The molecule has 166 valence electrons. The third kappa shape index (κ3) is 4.22. The first-order valence-electron chi connectivity index (χ1n) is 11.5. The van der Waals surface area contributed by atoms with Crippen molar-refractivity contribution in [2.45, 2.75) is 37.7 Å². The van der Waals surface area contributed by atoms with Gasteiger partial charge in [-0.1, -0.05) is 48.5 Å². The molecule has 32 heavy (non-hydrogen) atoms. The van der Waals surface area contributed by atoms with Crippen molar-refractivity contribution in [1.82, 2.24) is 14.8 Å². The van der Waals surface area contributed by atoms with Gasteiger partial charge in [-0.3, -0.25) is 4.79 Å². The Labute approximate surface area is 188 Å². The van der Waals surface area contributed by atoms with E-state index in [1.165, 1.54) is 5.56 Å². The summed E-state index contributed by atoms with van der Waals surface area (Å²) in [6.45, 7) is 2.61. The van der Waals surface area contributed by atoms with Crippen LogP contribution in [0.25, 0.3) is 10.9 Å². The number of fused-ring (bicyclic) bond motifs is 1. The van der Waals surface area contributed by atoms with Crippen molar-refractivity contribution >= 4 is 22.9 Å². The number of nitrogens with one attached hydrogen (secondary N) is 1. The summed E-state index contributed by atoms with van der Waals surface area (Å²) in [6, 6.07) is 18.3. The van der Waals surface area contributed by atoms with Gasteiger partial charge in [-0.2, -0.15) is 0 Å². The lowest BCUT2D eigenvalue weighted by atomic mass is 9.95. The topological polar surface area (TPSA) is 65.6 Å². The zero-order chi connectivity index (χ0) is 22.0. The standard InChI is InChI=1S/C26H29N3O3/c30-24(17-21-18-27-23-10-5-4-9-22(21)23)28-14-6-12-26(13-16-28)19-29(25(31)32-26)15-11-20-7-2-1-3-8-20/h1-5,7-10,18,27H,6,11-17,19H2. The Kier molecular flexibility index (Phi) is 5.60. The fraction of sp³-hybridized carbons (Fsp3) is 0.385. The largest absolute Gasteiger partial charge is 0.441 e. The lowest BCUT2D eigenvalue weighted by molar-refractivity contribution is -0.130. The molecular formula is C26H29N3O3. The van der Waals surface area contributed by atoms with E-state index in [0.29, 0.717) is 39.0 Å². The van der Waals surface area contributed by atoms with E-state index in [1.807, 2.05) is 58.5 Å². The lowest BCUT2D eigenvalue weighted by Crippen LogP contribution is -2.38. The maximum Gasteiger partial charge on any atom is 0.410 e. The lowest BCUT2D eigenvalue weighted by Gasteiger charge is -2.25. The number of likely N-dealkylation sites (tertiary alicyclic amines) is 1. The van der Waals surface area contributed by atoms with Gasteiger partial charge >= 0.3 is 6.09 Å². The molecular weight excluding hydrogens is 402 g/mol. The Bertz CT molecular complexity index is 1110. The highest BCUT2D eigenvalue weighted by Gasteiger charge is 2.45. The number of ether oxygens (including phenoxy) is 1. The molecule has 6 heteroatoms. The van der Waals surface area contributed by atoms with Gasteiger partial charge in [0.15, 0.2) is 0 Å². The van der Waals surface area contributed by atoms with Gasteiger partial charge in [-0.15, -0.1) is 0 Å². The first-order chi connectivity index (χ1) is 15.6. The third-order valence-electron chi connectivity index (χ3n) is 6.82. The Morgan fingerprint density at radius 2 is 1.84 bits per heavy atom. The van der Waals surface area contributed by atoms with Crippen LogP contribution in [0.3, 0.4) is 0 Å². The summed E-state index contributed by atoms with van der Waals surface area (Å²) in [5.41, 5.74) is 2.84. The average Bonchev–Trinajstić information content (AvgIpc) is 3.28. The summed E-state index contributed by atoms with van der Waals surface area (Å²) >= 11 is 0. The average molecular weight is 432 g/mol. The smallest absolute Gasteiger partial charge is 0.410 e. The highest BCUT2D eigenvalue weighted by molar-refractivity contribution is 5.88. The van der Waals surface area contributed by atoms with Gasteiger partial charge in [0.1, 0.15) is 5.60 Å². The summed E-state index contributed by atoms with van der Waals surface area (Å²) in [5, 5.41) is 1.10. The van der Waals surface area contributed by atoms with Crippen LogP contribution < -0.4 is 0 Å². The number of carbonyl (C=O) groups is 2. The van der Waals surface area contributed by atoms with E-state index >= 15 is 0 Å². The van der Waals surface area contributed by atoms with Crippen LogP contribution in [-0.4, -0.2) is 58.6 Å². The van der Waals surface area contributed by atoms with E-state index in [1.54, 1.807) is 0 Å². The van der Waals surface area contributed by atoms with Crippen LogP contribution in [0.4, 0.5) is 4.79 Å². The molecule has 0 saturated carbocycles. The highest BCUT2D eigenvalue weighted by Crippen LogP contribution is 2.33. The molecule has 2 amide bonds. The van der Waals surface area contributed by atoms with Crippen LogP contribution >= 0.6 is 0 Å². The summed E-state index contributed by atoms with van der Waals surface area (Å²) in [4.78, 5) is 32.6. The van der Waals surface area contributed by atoms with Gasteiger partial charge in [0.2, 0.25) is 5.91 Å². The first-order valence-corrected chi connectivity index (χ1v) is 11.5. The second-order valence-corrected chi connectivity index (χ2v) is 8.98. The molecule has 3 aromatic rings. The van der Waals surface area contributed by atoms with Gasteiger partial charge in [-0.05, 0) is 36.5 Å². The normalized spacial score (nSPS) is 21.2. The van der Waals surface area contributed by atoms with Crippen molar-refractivity contribution in [3.63, 3.8) is 0 Å². The second-order valence-electron chi connectivity index (χ2n) is 8.98. The van der Waals surface area contributed by atoms with Crippen molar-refractivity contribution < 1.29 is 14.3 Å². The monoisotopic (exact) mass is 431 g/mol. The minimum Gasteiger partial charge on any atom is -0.441 e. The molecule has 0 aliphatic carbocycles. The Hall–Kier alpha value is -3.28. The molecule has 1 aromatic heterocycles. The zero-order valence-electron chi connectivity index (χ0n) is 18.3. The number of hydrogen-bond donors (Lipinski definition) is 1. The van der Waals surface area contributed by atoms with Crippen LogP contribution in [0, 0.1) is 0 Å². The van der Waals surface area contributed by atoms with Crippen molar-refractivity contribution in [2.75, 3.05) is 26.2 Å². The quantitative estimate of drug-likeness (QED) is 0.660. The molecule has 1 N–H and O–H groups in total. The van der Waals surface area contributed by atoms with Crippen LogP contribution in [0.5, 0.6) is 0 Å². The summed E-state index contributed by atoms with van der Waals surface area (Å²) in [6.07, 6.45) is 5.27. The number of carbonyl (C=O) groups excluding carboxylic acids is 2. The molecule has 0 radical (unpaired) electrons. The van der Waals surface area contributed by atoms with E-state index in [4.69, 9.17) is 4.74 Å². The molecule has 2 aliphatic rings. The number of aromatic nitrogens is 1. The number of H-pyrrole nitrogens is 1. The number of rotatable bonds is 5. The predicted octanol–water partition coefficient (Wildman–Crippen LogP) is 4.16. The third-order valence-corrected chi connectivity index (χ3v) is 6.82. The maximum atomic E-state index is 13.0. The van der Waals surface area contributed by atoms with Crippen molar-refractivity contribution in [3.05, 3.63) is 71.9 Å². The molecule has 2 aromatic carbocycles. The van der Waals surface area contributed by atoms with E-state index in [9.17, 15) is 9.59 Å². The molecule has 3 heterocycles. The summed E-state index contributed by atoms with van der Waals surface area (Å²) in [5.74, 6) is 0.136. The van der Waals surface area contributed by atoms with E-state index in [-0.39, 0.29) is 12.0 Å². The van der Waals surface area contributed by atoms with E-state index in [0.717, 1.165) is 35.7 Å². The molecule has 6 nitrogen and oxygen atoms in total. The molecule has 1 atom stereocenters. The van der Waals surface area contributed by atoms with Gasteiger partial charge in [0.05, 0.1) is 13.0 Å². The summed E-state index contributed by atoms with van der Waals surface area (Å²) in [7, 11) is 0. The molecule has 1 spiro atoms. The number of para-hydroxylation sites is 1. The zero-order valence-corrected chi connectivity index (χ0v) is 18.3. The number of hydrogen-bond acceptors (Lipinski definition) is 3. The van der Waals surface area contributed by atoms with Gasteiger partial charge in [0, 0.05) is 43.2 Å². The summed E-state index contributed by atoms with van der Waals surface area (Å²) < 4.78 is 5.91. The van der Waals surface area contributed by atoms with Crippen LogP contribution in [0.1, 0.15) is 30.4 Å². The fourth-order valence-electron chi connectivity index (χ4n) is 5.00. The number of aromatic amines is 1. The number of amides is 2. The van der Waals surface area contributed by atoms with Crippen LogP contribution in [0.15, 0.2) is 60.8 Å². The van der Waals surface area contributed by atoms with Crippen molar-refractivity contribution in [2.24, 2.45) is 0 Å². The van der Waals surface area contributed by atoms with E-state index in [2.05, 4.69) is 17.1 Å². The molecule has 0 bridgehead atoms.